The summed E-state index contributed by atoms with van der Waals surface area (Å²) in [5.74, 6) is 0.524. The van der Waals surface area contributed by atoms with Crippen LogP contribution < -0.4 is 15.0 Å². The Hall–Kier alpha value is -2.34. The van der Waals surface area contributed by atoms with Gasteiger partial charge in [0, 0.05) is 23.9 Å². The Labute approximate surface area is 167 Å². The van der Waals surface area contributed by atoms with Crippen molar-refractivity contribution in [2.75, 3.05) is 11.4 Å². The minimum atomic E-state index is -0.130. The van der Waals surface area contributed by atoms with E-state index in [1.165, 1.54) is 0 Å². The second-order valence-electron chi connectivity index (χ2n) is 6.81. The second kappa shape index (κ2) is 8.57. The summed E-state index contributed by atoms with van der Waals surface area (Å²) in [5, 5.41) is 2.87. The number of nitrogens with one attached hydrogen (secondary N) is 1. The third-order valence-corrected chi connectivity index (χ3v) is 4.91. The standard InChI is InChI=1S/C21H23BrN2O3/c1-14-6-7-19-18(10-14)24(13-15(2)27-19)21(26)9-8-20(25)23-12-16-4-3-5-17(22)11-16/h3-7,10-11,15H,8-9,12-13H2,1-2H3,(H,23,25)/t15-/m1/s1. The molecule has 2 amide bonds. The van der Waals surface area contributed by atoms with Crippen molar-refractivity contribution >= 4 is 33.4 Å². The molecule has 0 unspecified atom stereocenters. The molecular weight excluding hydrogens is 408 g/mol. The van der Waals surface area contributed by atoms with Crippen LogP contribution >= 0.6 is 15.9 Å². The van der Waals surface area contributed by atoms with Crippen molar-refractivity contribution in [3.05, 3.63) is 58.1 Å². The summed E-state index contributed by atoms with van der Waals surface area (Å²) in [6.45, 7) is 4.86. The normalized spacial score (nSPS) is 15.7. The molecule has 0 fully saturated rings. The second-order valence-corrected chi connectivity index (χ2v) is 7.73. The van der Waals surface area contributed by atoms with Gasteiger partial charge in [-0.25, -0.2) is 0 Å². The van der Waals surface area contributed by atoms with Gasteiger partial charge in [-0.1, -0.05) is 34.1 Å². The summed E-state index contributed by atoms with van der Waals surface area (Å²) >= 11 is 3.41. The van der Waals surface area contributed by atoms with Crippen LogP contribution in [-0.2, 0) is 16.1 Å². The summed E-state index contributed by atoms with van der Waals surface area (Å²) in [6, 6.07) is 13.6. The minimum absolute atomic E-state index is 0.0606. The first-order valence-corrected chi connectivity index (χ1v) is 9.80. The predicted octanol–water partition coefficient (Wildman–Crippen LogP) is 3.97. The molecule has 2 aromatic carbocycles. The van der Waals surface area contributed by atoms with Gasteiger partial charge in [-0.2, -0.15) is 0 Å². The molecule has 0 saturated heterocycles. The predicted molar refractivity (Wildman–Crippen MR) is 109 cm³/mol. The zero-order chi connectivity index (χ0) is 19.4. The molecule has 6 heteroatoms. The highest BCUT2D eigenvalue weighted by Gasteiger charge is 2.27. The molecule has 0 radical (unpaired) electrons. The van der Waals surface area contributed by atoms with E-state index in [2.05, 4.69) is 21.2 Å². The van der Waals surface area contributed by atoms with Crippen molar-refractivity contribution in [1.29, 1.82) is 0 Å². The number of carbonyl (C=O) groups excluding carboxylic acids is 2. The van der Waals surface area contributed by atoms with Gasteiger partial charge < -0.3 is 15.0 Å². The first-order chi connectivity index (χ1) is 12.9. The van der Waals surface area contributed by atoms with Gasteiger partial charge in [-0.15, -0.1) is 0 Å². The summed E-state index contributed by atoms with van der Waals surface area (Å²) in [4.78, 5) is 26.6. The van der Waals surface area contributed by atoms with E-state index in [4.69, 9.17) is 4.74 Å². The van der Waals surface area contributed by atoms with E-state index in [1.54, 1.807) is 4.90 Å². The average Bonchev–Trinajstić information content (AvgIpc) is 2.64. The van der Waals surface area contributed by atoms with Crippen LogP contribution in [0.3, 0.4) is 0 Å². The number of fused-ring (bicyclic) bond motifs is 1. The maximum atomic E-state index is 12.7. The van der Waals surface area contributed by atoms with E-state index in [1.807, 2.05) is 56.3 Å². The number of carbonyl (C=O) groups is 2. The molecule has 1 N–H and O–H groups in total. The molecule has 0 spiro atoms. The van der Waals surface area contributed by atoms with Gasteiger partial charge in [0.25, 0.3) is 0 Å². The van der Waals surface area contributed by atoms with Gasteiger partial charge in [-0.3, -0.25) is 9.59 Å². The van der Waals surface area contributed by atoms with Crippen molar-refractivity contribution in [3.8, 4) is 5.75 Å². The molecule has 1 heterocycles. The van der Waals surface area contributed by atoms with Crippen LogP contribution in [0.15, 0.2) is 46.9 Å². The number of anilines is 1. The Morgan fingerprint density at radius 1 is 1.22 bits per heavy atom. The zero-order valence-corrected chi connectivity index (χ0v) is 17.1. The van der Waals surface area contributed by atoms with Crippen LogP contribution in [-0.4, -0.2) is 24.5 Å². The molecule has 0 bridgehead atoms. The third kappa shape index (κ3) is 5.10. The number of amides is 2. The van der Waals surface area contributed by atoms with E-state index in [-0.39, 0.29) is 30.8 Å². The molecule has 1 aliphatic rings. The van der Waals surface area contributed by atoms with Crippen molar-refractivity contribution in [1.82, 2.24) is 5.32 Å². The maximum Gasteiger partial charge on any atom is 0.227 e. The molecular formula is C21H23BrN2O3. The molecule has 5 nitrogen and oxygen atoms in total. The lowest BCUT2D eigenvalue weighted by Gasteiger charge is -2.33. The highest BCUT2D eigenvalue weighted by Crippen LogP contribution is 2.34. The van der Waals surface area contributed by atoms with Gasteiger partial charge in [0.05, 0.1) is 12.2 Å². The van der Waals surface area contributed by atoms with Gasteiger partial charge in [0.2, 0.25) is 11.8 Å². The number of benzene rings is 2. The van der Waals surface area contributed by atoms with E-state index < -0.39 is 0 Å². The van der Waals surface area contributed by atoms with Crippen molar-refractivity contribution in [2.24, 2.45) is 0 Å². The molecule has 27 heavy (non-hydrogen) atoms. The molecule has 2 aromatic rings. The van der Waals surface area contributed by atoms with Crippen LogP contribution in [0.4, 0.5) is 5.69 Å². The minimum Gasteiger partial charge on any atom is -0.487 e. The van der Waals surface area contributed by atoms with Gasteiger partial charge in [0.15, 0.2) is 0 Å². The fourth-order valence-electron chi connectivity index (χ4n) is 3.08. The number of nitrogens with zero attached hydrogens (tertiary/aromatic N) is 1. The van der Waals surface area contributed by atoms with Crippen LogP contribution in [0.1, 0.15) is 30.9 Å². The number of rotatable bonds is 5. The van der Waals surface area contributed by atoms with E-state index in [0.29, 0.717) is 18.8 Å². The number of hydrogen-bond acceptors (Lipinski definition) is 3. The Morgan fingerprint density at radius 2 is 2.04 bits per heavy atom. The molecule has 0 saturated carbocycles. The maximum absolute atomic E-state index is 12.7. The van der Waals surface area contributed by atoms with E-state index in [9.17, 15) is 9.59 Å². The molecule has 1 aliphatic heterocycles. The topological polar surface area (TPSA) is 58.6 Å². The van der Waals surface area contributed by atoms with Crippen molar-refractivity contribution in [2.45, 2.75) is 39.3 Å². The summed E-state index contributed by atoms with van der Waals surface area (Å²) < 4.78 is 6.79. The number of ether oxygens (including phenoxy) is 1. The first kappa shape index (κ1) is 19.4. The lowest BCUT2D eigenvalue weighted by atomic mass is 10.1. The molecule has 1 atom stereocenters. The lowest BCUT2D eigenvalue weighted by molar-refractivity contribution is -0.125. The fraction of sp³-hybridized carbons (Fsp3) is 0.333. The van der Waals surface area contributed by atoms with Gasteiger partial charge in [-0.05, 0) is 49.2 Å². The van der Waals surface area contributed by atoms with Crippen LogP contribution in [0.2, 0.25) is 0 Å². The SMILES string of the molecule is Cc1ccc2c(c1)N(C(=O)CCC(=O)NCc1cccc(Br)c1)C[C@@H](C)O2. The van der Waals surface area contributed by atoms with Crippen molar-refractivity contribution in [3.63, 3.8) is 0 Å². The summed E-state index contributed by atoms with van der Waals surface area (Å²) in [6.07, 6.45) is 0.263. The Kier molecular flexibility index (Phi) is 6.16. The van der Waals surface area contributed by atoms with Crippen LogP contribution in [0.5, 0.6) is 5.75 Å². The van der Waals surface area contributed by atoms with E-state index in [0.717, 1.165) is 21.3 Å². The summed E-state index contributed by atoms with van der Waals surface area (Å²) in [5.41, 5.74) is 2.86. The first-order valence-electron chi connectivity index (χ1n) is 9.01. The van der Waals surface area contributed by atoms with Crippen LogP contribution in [0.25, 0.3) is 0 Å². The monoisotopic (exact) mass is 430 g/mol. The fourth-order valence-corrected chi connectivity index (χ4v) is 3.52. The van der Waals surface area contributed by atoms with E-state index >= 15 is 0 Å². The van der Waals surface area contributed by atoms with Gasteiger partial charge >= 0.3 is 0 Å². The number of hydrogen-bond donors (Lipinski definition) is 1. The third-order valence-electron chi connectivity index (χ3n) is 4.42. The average molecular weight is 431 g/mol. The molecule has 142 valence electrons. The highest BCUT2D eigenvalue weighted by molar-refractivity contribution is 9.10. The Balaban J connectivity index is 1.56. The highest BCUT2D eigenvalue weighted by atomic mass is 79.9. The Morgan fingerprint density at radius 3 is 2.81 bits per heavy atom. The van der Waals surface area contributed by atoms with Crippen LogP contribution in [0, 0.1) is 6.92 Å². The largest absolute Gasteiger partial charge is 0.487 e. The lowest BCUT2D eigenvalue weighted by Crippen LogP contribution is -2.42. The van der Waals surface area contributed by atoms with Gasteiger partial charge in [0.1, 0.15) is 11.9 Å². The van der Waals surface area contributed by atoms with Crippen molar-refractivity contribution < 1.29 is 14.3 Å². The molecule has 0 aliphatic carbocycles. The molecule has 0 aromatic heterocycles. The Bertz CT molecular complexity index is 853. The molecule has 3 rings (SSSR count). The smallest absolute Gasteiger partial charge is 0.227 e. The number of halogens is 1. The summed E-state index contributed by atoms with van der Waals surface area (Å²) in [7, 11) is 0. The number of aryl methyl sites for hydroxylation is 1. The zero-order valence-electron chi connectivity index (χ0n) is 15.5. The quantitative estimate of drug-likeness (QED) is 0.780.